The summed E-state index contributed by atoms with van der Waals surface area (Å²) < 4.78 is 37.0. The number of aryl methyl sites for hydroxylation is 4. The van der Waals surface area contributed by atoms with Crippen molar-refractivity contribution < 1.29 is 13.5 Å². The largest absolute Gasteiger partial charge is 0.481 e. The first kappa shape index (κ1) is 22.1. The van der Waals surface area contributed by atoms with Gasteiger partial charge >= 0.3 is 0 Å². The topological polar surface area (TPSA) is 65.2 Å². The van der Waals surface area contributed by atoms with E-state index in [-0.39, 0.29) is 11.1 Å². The molecule has 5 rings (SSSR count). The summed E-state index contributed by atoms with van der Waals surface area (Å²) in [5.74, 6) is 0.942. The first-order valence-corrected chi connectivity index (χ1v) is 11.1. The Morgan fingerprint density at radius 3 is 2.62 bits per heavy atom. The average Bonchev–Trinajstić information content (AvgIpc) is 3.27. The molecule has 7 nitrogen and oxygen atoms in total. The summed E-state index contributed by atoms with van der Waals surface area (Å²) in [4.78, 5) is 19.2. The molecule has 1 aliphatic rings. The Kier molecular flexibility index (Phi) is 5.34. The lowest BCUT2D eigenvalue weighted by Crippen LogP contribution is -2.27. The molecule has 176 valence electrons. The van der Waals surface area contributed by atoms with E-state index in [1.807, 2.05) is 17.0 Å². The smallest absolute Gasteiger partial charge is 0.264 e. The molecule has 0 spiro atoms. The second-order valence-electron chi connectivity index (χ2n) is 8.64. The van der Waals surface area contributed by atoms with E-state index < -0.39 is 6.43 Å². The number of nitrogens with zero attached hydrogens (tertiary/aromatic N) is 5. The molecule has 9 heteroatoms. The number of hydrogen-bond donors (Lipinski definition) is 0. The Morgan fingerprint density at radius 2 is 1.94 bits per heavy atom. The maximum Gasteiger partial charge on any atom is 0.264 e. The number of halogens is 2. The minimum absolute atomic E-state index is 0.0468. The van der Waals surface area contributed by atoms with Gasteiger partial charge in [0.15, 0.2) is 0 Å². The highest BCUT2D eigenvalue weighted by Crippen LogP contribution is 2.42. The van der Waals surface area contributed by atoms with Crippen LogP contribution in [0.15, 0.2) is 41.5 Å². The van der Waals surface area contributed by atoms with Gasteiger partial charge in [0, 0.05) is 60.7 Å². The summed E-state index contributed by atoms with van der Waals surface area (Å²) in [6, 6.07) is 6.96. The van der Waals surface area contributed by atoms with Gasteiger partial charge in [0.1, 0.15) is 5.82 Å². The molecular formula is C25H25F2N5O2. The molecule has 0 amide bonds. The van der Waals surface area contributed by atoms with Gasteiger partial charge in [-0.3, -0.25) is 9.48 Å². The quantitative estimate of drug-likeness (QED) is 0.438. The molecule has 4 heterocycles. The molecule has 4 aromatic rings. The first-order chi connectivity index (χ1) is 16.3. The fourth-order valence-corrected chi connectivity index (χ4v) is 4.74. The molecule has 0 aliphatic carbocycles. The molecule has 0 bridgehead atoms. The fourth-order valence-electron chi connectivity index (χ4n) is 4.74. The minimum Gasteiger partial charge on any atom is -0.481 e. The number of alkyl halides is 2. The second kappa shape index (κ2) is 8.23. The van der Waals surface area contributed by atoms with Crippen molar-refractivity contribution in [2.24, 2.45) is 14.1 Å². The fraction of sp³-hybridized carbons (Fsp3) is 0.320. The van der Waals surface area contributed by atoms with Crippen LogP contribution in [-0.4, -0.2) is 33.0 Å². The number of rotatable bonds is 4. The van der Waals surface area contributed by atoms with Gasteiger partial charge in [0.25, 0.3) is 12.0 Å². The Morgan fingerprint density at radius 1 is 1.15 bits per heavy atom. The number of anilines is 2. The molecule has 0 fully saturated rings. The summed E-state index contributed by atoms with van der Waals surface area (Å²) in [6.45, 7) is 2.37. The van der Waals surface area contributed by atoms with Crippen molar-refractivity contribution in [3.05, 3.63) is 63.7 Å². The van der Waals surface area contributed by atoms with Crippen LogP contribution < -0.4 is 15.2 Å². The Bertz CT molecular complexity index is 1470. The van der Waals surface area contributed by atoms with Crippen molar-refractivity contribution in [3.63, 3.8) is 0 Å². The summed E-state index contributed by atoms with van der Waals surface area (Å²) in [5.41, 5.74) is 3.92. The third-order valence-corrected chi connectivity index (χ3v) is 6.44. The molecule has 0 unspecified atom stereocenters. The third-order valence-electron chi connectivity index (χ3n) is 6.44. The highest BCUT2D eigenvalue weighted by atomic mass is 19.3. The third kappa shape index (κ3) is 3.52. The van der Waals surface area contributed by atoms with Crippen molar-refractivity contribution in [1.29, 1.82) is 0 Å². The van der Waals surface area contributed by atoms with Gasteiger partial charge in [-0.1, -0.05) is 0 Å². The molecule has 3 aromatic heterocycles. The van der Waals surface area contributed by atoms with Crippen LogP contribution in [0.25, 0.3) is 22.0 Å². The summed E-state index contributed by atoms with van der Waals surface area (Å²) in [6.07, 6.45) is 2.30. The normalized spacial score (nSPS) is 13.6. The van der Waals surface area contributed by atoms with Crippen molar-refractivity contribution in [2.45, 2.75) is 26.2 Å². The van der Waals surface area contributed by atoms with Gasteiger partial charge in [-0.05, 0) is 49.1 Å². The van der Waals surface area contributed by atoms with Crippen LogP contribution >= 0.6 is 0 Å². The zero-order chi connectivity index (χ0) is 24.1. The molecule has 0 N–H and O–H groups in total. The number of ether oxygens (including phenoxy) is 1. The Hall–Kier alpha value is -3.75. The Balaban J connectivity index is 1.76. The van der Waals surface area contributed by atoms with Crippen molar-refractivity contribution in [2.75, 3.05) is 18.6 Å². The standard InChI is InChI=1S/C25H25F2N5O2/c1-14-8-19-21(31(3)25(14)33)11-22(34-4)29-24(19)32-7-5-6-15-9-17(16-12-28-30(2)13-16)18(23(26)27)10-20(15)32/h8-13,23H,5-7H2,1-4H3. The summed E-state index contributed by atoms with van der Waals surface area (Å²) in [5, 5.41) is 4.92. The summed E-state index contributed by atoms with van der Waals surface area (Å²) in [7, 11) is 4.99. The average molecular weight is 466 g/mol. The van der Waals surface area contributed by atoms with Crippen molar-refractivity contribution in [3.8, 4) is 17.0 Å². The number of methoxy groups -OCH3 is 1. The maximum absolute atomic E-state index is 14.2. The highest BCUT2D eigenvalue weighted by molar-refractivity contribution is 5.94. The molecule has 0 radical (unpaired) electrons. The lowest BCUT2D eigenvalue weighted by molar-refractivity contribution is 0.152. The minimum atomic E-state index is -2.65. The van der Waals surface area contributed by atoms with Gasteiger partial charge in [0.05, 0.1) is 18.8 Å². The van der Waals surface area contributed by atoms with Gasteiger partial charge < -0.3 is 14.2 Å². The van der Waals surface area contributed by atoms with E-state index in [1.54, 1.807) is 54.8 Å². The van der Waals surface area contributed by atoms with Crippen LogP contribution in [0.1, 0.15) is 29.5 Å². The van der Waals surface area contributed by atoms with Gasteiger partial charge in [-0.25, -0.2) is 8.78 Å². The molecule has 0 saturated carbocycles. The van der Waals surface area contributed by atoms with Crippen LogP contribution in [0.3, 0.4) is 0 Å². The molecule has 34 heavy (non-hydrogen) atoms. The van der Waals surface area contributed by atoms with Gasteiger partial charge in [0.2, 0.25) is 5.88 Å². The van der Waals surface area contributed by atoms with Gasteiger partial charge in [-0.2, -0.15) is 10.1 Å². The van der Waals surface area contributed by atoms with Crippen LogP contribution in [-0.2, 0) is 20.5 Å². The molecular weight excluding hydrogens is 440 g/mol. The van der Waals surface area contributed by atoms with Crippen LogP contribution in [0.4, 0.5) is 20.3 Å². The predicted octanol–water partition coefficient (Wildman–Crippen LogP) is 4.67. The van der Waals surface area contributed by atoms with Crippen LogP contribution in [0.2, 0.25) is 0 Å². The number of fused-ring (bicyclic) bond motifs is 2. The number of hydrogen-bond acceptors (Lipinski definition) is 5. The SMILES string of the molecule is COc1cc2c(cc(C)c(=O)n2C)c(N2CCCc3cc(-c4cnn(C)c4)c(C(F)F)cc32)n1. The van der Waals surface area contributed by atoms with E-state index in [0.717, 1.165) is 23.8 Å². The van der Waals surface area contributed by atoms with E-state index in [1.165, 1.54) is 7.11 Å². The zero-order valence-electron chi connectivity index (χ0n) is 19.5. The Labute approximate surface area is 195 Å². The summed E-state index contributed by atoms with van der Waals surface area (Å²) >= 11 is 0. The molecule has 0 saturated heterocycles. The monoisotopic (exact) mass is 465 g/mol. The lowest BCUT2D eigenvalue weighted by atomic mass is 9.93. The van der Waals surface area contributed by atoms with E-state index >= 15 is 0 Å². The van der Waals surface area contributed by atoms with E-state index in [0.29, 0.717) is 46.1 Å². The number of benzene rings is 1. The van der Waals surface area contributed by atoms with Gasteiger partial charge in [-0.15, -0.1) is 0 Å². The second-order valence-corrected chi connectivity index (χ2v) is 8.64. The molecule has 1 aromatic carbocycles. The van der Waals surface area contributed by atoms with Crippen molar-refractivity contribution >= 4 is 22.4 Å². The van der Waals surface area contributed by atoms with Crippen LogP contribution in [0, 0.1) is 6.92 Å². The maximum atomic E-state index is 14.2. The van der Waals surface area contributed by atoms with E-state index in [2.05, 4.69) is 5.10 Å². The predicted molar refractivity (Wildman–Crippen MR) is 127 cm³/mol. The molecule has 0 atom stereocenters. The van der Waals surface area contributed by atoms with E-state index in [9.17, 15) is 13.6 Å². The highest BCUT2D eigenvalue weighted by Gasteiger charge is 2.27. The van der Waals surface area contributed by atoms with Crippen molar-refractivity contribution in [1.82, 2.24) is 19.3 Å². The lowest BCUT2D eigenvalue weighted by Gasteiger charge is -2.32. The first-order valence-electron chi connectivity index (χ1n) is 11.1. The van der Waals surface area contributed by atoms with E-state index in [4.69, 9.17) is 9.72 Å². The van der Waals surface area contributed by atoms with Crippen LogP contribution in [0.5, 0.6) is 5.88 Å². The number of pyridine rings is 2. The number of aromatic nitrogens is 4. The molecule has 1 aliphatic heterocycles. The zero-order valence-corrected chi connectivity index (χ0v) is 19.5.